The Morgan fingerprint density at radius 2 is 1.89 bits per heavy atom. The highest BCUT2D eigenvalue weighted by molar-refractivity contribution is 5.91. The molecule has 0 amide bonds. The zero-order valence-electron chi connectivity index (χ0n) is 14.2. The molecule has 2 aromatic carbocycles. The monoisotopic (exact) mass is 359 g/mol. The molecule has 0 radical (unpaired) electrons. The summed E-state index contributed by atoms with van der Waals surface area (Å²) in [5, 5.41) is 8.72. The van der Waals surface area contributed by atoms with E-state index in [1.165, 1.54) is 12.1 Å². The molecule has 1 aromatic heterocycles. The van der Waals surface area contributed by atoms with E-state index in [-0.39, 0.29) is 11.3 Å². The minimum atomic E-state index is -0.741. The molecule has 0 aliphatic carbocycles. The van der Waals surface area contributed by atoms with Gasteiger partial charge in [0.25, 0.3) is 0 Å². The lowest BCUT2D eigenvalue weighted by Crippen LogP contribution is -2.08. The molecular formula is C21H14FN3O2. The van der Waals surface area contributed by atoms with Crippen molar-refractivity contribution in [2.24, 2.45) is 0 Å². The normalized spacial score (nSPS) is 10.1. The minimum absolute atomic E-state index is 0.0294. The van der Waals surface area contributed by atoms with Gasteiger partial charge in [0.2, 0.25) is 0 Å². The van der Waals surface area contributed by atoms with Gasteiger partial charge in [-0.1, -0.05) is 18.2 Å². The van der Waals surface area contributed by atoms with E-state index in [1.54, 1.807) is 48.8 Å². The zero-order valence-corrected chi connectivity index (χ0v) is 14.2. The molecule has 0 atom stereocenters. The number of aromatic nitrogens is 2. The van der Waals surface area contributed by atoms with Gasteiger partial charge in [-0.2, -0.15) is 5.26 Å². The van der Waals surface area contributed by atoms with Gasteiger partial charge in [0.05, 0.1) is 11.1 Å². The summed E-state index contributed by atoms with van der Waals surface area (Å²) in [5.41, 5.74) is 1.90. The van der Waals surface area contributed by atoms with E-state index >= 15 is 0 Å². The van der Waals surface area contributed by atoms with Crippen LogP contribution in [-0.4, -0.2) is 15.9 Å². The van der Waals surface area contributed by atoms with Crippen LogP contribution in [-0.2, 0) is 6.42 Å². The average molecular weight is 359 g/mol. The molecule has 0 bridgehead atoms. The third-order valence-corrected chi connectivity index (χ3v) is 3.74. The molecule has 3 aromatic rings. The molecule has 5 nitrogen and oxygen atoms in total. The number of esters is 1. The Balaban J connectivity index is 1.72. The molecule has 0 aliphatic rings. The van der Waals surface area contributed by atoms with Gasteiger partial charge < -0.3 is 4.74 Å². The first-order chi connectivity index (χ1) is 13.1. The second-order valence-electron chi connectivity index (χ2n) is 5.63. The van der Waals surface area contributed by atoms with Crippen LogP contribution in [0.15, 0.2) is 67.5 Å². The van der Waals surface area contributed by atoms with Crippen molar-refractivity contribution in [3.05, 3.63) is 90.0 Å². The molecule has 0 unspecified atom stereocenters. The van der Waals surface area contributed by atoms with E-state index in [2.05, 4.69) is 16.5 Å². The number of ether oxygens (including phenoxy) is 1. The summed E-state index contributed by atoms with van der Waals surface area (Å²) >= 11 is 0. The maximum Gasteiger partial charge on any atom is 0.343 e. The van der Waals surface area contributed by atoms with E-state index in [1.807, 2.05) is 0 Å². The molecule has 3 rings (SSSR count). The predicted octanol–water partition coefficient (Wildman–Crippen LogP) is 4.10. The van der Waals surface area contributed by atoms with Crippen LogP contribution in [0.4, 0.5) is 4.39 Å². The number of carbonyl (C=O) groups is 1. The van der Waals surface area contributed by atoms with Gasteiger partial charge in [0.1, 0.15) is 17.6 Å². The van der Waals surface area contributed by atoms with Crippen LogP contribution >= 0.6 is 0 Å². The first kappa shape index (κ1) is 18.0. The molecular weight excluding hydrogens is 345 g/mol. The van der Waals surface area contributed by atoms with Crippen LogP contribution in [0.25, 0.3) is 11.4 Å². The van der Waals surface area contributed by atoms with Crippen LogP contribution in [0.2, 0.25) is 0 Å². The van der Waals surface area contributed by atoms with Gasteiger partial charge in [-0.15, -0.1) is 6.58 Å². The Bertz CT molecular complexity index is 1020. The maximum atomic E-state index is 13.6. The maximum absolute atomic E-state index is 13.6. The molecule has 132 valence electrons. The number of carbonyl (C=O) groups excluding carboxylic acids is 1. The quantitative estimate of drug-likeness (QED) is 0.389. The van der Waals surface area contributed by atoms with Crippen molar-refractivity contribution >= 4 is 5.97 Å². The smallest absolute Gasteiger partial charge is 0.343 e. The molecule has 1 heterocycles. The molecule has 6 heteroatoms. The summed E-state index contributed by atoms with van der Waals surface area (Å²) in [6.45, 7) is 3.67. The second kappa shape index (κ2) is 8.02. The van der Waals surface area contributed by atoms with Gasteiger partial charge in [0.15, 0.2) is 5.82 Å². The molecule has 0 fully saturated rings. The molecule has 27 heavy (non-hydrogen) atoms. The molecule has 0 saturated carbocycles. The summed E-state index contributed by atoms with van der Waals surface area (Å²) in [6.07, 6.45) is 5.93. The highest BCUT2D eigenvalue weighted by Gasteiger charge is 2.11. The Hall–Kier alpha value is -3.85. The third kappa shape index (κ3) is 4.22. The molecule has 0 saturated heterocycles. The van der Waals surface area contributed by atoms with Crippen molar-refractivity contribution in [2.45, 2.75) is 6.42 Å². The van der Waals surface area contributed by atoms with Crippen LogP contribution in [0, 0.1) is 17.1 Å². The topological polar surface area (TPSA) is 75.9 Å². The number of rotatable bonds is 5. The number of nitrogens with zero attached hydrogens (tertiary/aromatic N) is 3. The van der Waals surface area contributed by atoms with Gasteiger partial charge in [0, 0.05) is 24.0 Å². The van der Waals surface area contributed by atoms with E-state index in [4.69, 9.17) is 10.00 Å². The summed E-state index contributed by atoms with van der Waals surface area (Å²) < 4.78 is 18.7. The van der Waals surface area contributed by atoms with Crippen LogP contribution in [0.5, 0.6) is 5.75 Å². The summed E-state index contributed by atoms with van der Waals surface area (Å²) in [4.78, 5) is 20.8. The van der Waals surface area contributed by atoms with Gasteiger partial charge in [-0.05, 0) is 36.2 Å². The number of allylic oxidation sites excluding steroid dienone is 1. The zero-order chi connectivity index (χ0) is 19.2. The van der Waals surface area contributed by atoms with Crippen LogP contribution in [0.1, 0.15) is 21.5 Å². The number of hydrogen-bond donors (Lipinski definition) is 0. The van der Waals surface area contributed by atoms with Crippen LogP contribution in [0.3, 0.4) is 0 Å². The predicted molar refractivity (Wildman–Crippen MR) is 97.4 cm³/mol. The fourth-order valence-corrected chi connectivity index (χ4v) is 2.35. The summed E-state index contributed by atoms with van der Waals surface area (Å²) in [6, 6.07) is 11.9. The van der Waals surface area contributed by atoms with Crippen molar-refractivity contribution in [1.29, 1.82) is 5.26 Å². The Morgan fingerprint density at radius 3 is 2.48 bits per heavy atom. The third-order valence-electron chi connectivity index (χ3n) is 3.74. The first-order valence-corrected chi connectivity index (χ1v) is 8.05. The van der Waals surface area contributed by atoms with Gasteiger partial charge in [-0.3, -0.25) is 0 Å². The molecule has 0 spiro atoms. The van der Waals surface area contributed by atoms with Crippen molar-refractivity contribution in [1.82, 2.24) is 9.97 Å². The van der Waals surface area contributed by atoms with E-state index in [0.29, 0.717) is 17.8 Å². The number of benzene rings is 2. The highest BCUT2D eigenvalue weighted by Crippen LogP contribution is 2.19. The Kier molecular flexibility index (Phi) is 5.33. The van der Waals surface area contributed by atoms with Crippen molar-refractivity contribution in [3.63, 3.8) is 0 Å². The highest BCUT2D eigenvalue weighted by atomic mass is 19.1. The minimum Gasteiger partial charge on any atom is -0.423 e. The van der Waals surface area contributed by atoms with E-state index in [0.717, 1.165) is 17.2 Å². The number of halogens is 1. The largest absolute Gasteiger partial charge is 0.423 e. The lowest BCUT2D eigenvalue weighted by Gasteiger charge is -2.06. The SMILES string of the molecule is C=CCc1cnc(-c2ccc(C(=O)Oc3ccc(C#N)c(F)c3)cc2)nc1. The lowest BCUT2D eigenvalue weighted by molar-refractivity contribution is 0.0734. The lowest BCUT2D eigenvalue weighted by atomic mass is 10.1. The summed E-state index contributed by atoms with van der Waals surface area (Å²) in [5.74, 6) is -0.804. The Morgan fingerprint density at radius 1 is 1.19 bits per heavy atom. The van der Waals surface area contributed by atoms with Crippen LogP contribution < -0.4 is 4.74 Å². The molecule has 0 aliphatic heterocycles. The summed E-state index contributed by atoms with van der Waals surface area (Å²) in [7, 11) is 0. The fraction of sp³-hybridized carbons (Fsp3) is 0.0476. The van der Waals surface area contributed by atoms with Gasteiger partial charge >= 0.3 is 5.97 Å². The number of nitriles is 1. The number of hydrogen-bond acceptors (Lipinski definition) is 5. The fourth-order valence-electron chi connectivity index (χ4n) is 2.35. The standard InChI is InChI=1S/C21H14FN3O2/c1-2-3-14-12-24-20(25-13-14)15-4-6-16(7-5-15)21(26)27-18-9-8-17(11-23)19(22)10-18/h2,4-10,12-13H,1,3H2. The van der Waals surface area contributed by atoms with Crippen molar-refractivity contribution in [3.8, 4) is 23.2 Å². The van der Waals surface area contributed by atoms with E-state index in [9.17, 15) is 9.18 Å². The molecule has 0 N–H and O–H groups in total. The Labute approximate surface area is 155 Å². The van der Waals surface area contributed by atoms with Crippen molar-refractivity contribution < 1.29 is 13.9 Å². The van der Waals surface area contributed by atoms with Crippen molar-refractivity contribution in [2.75, 3.05) is 0 Å². The van der Waals surface area contributed by atoms with Gasteiger partial charge in [-0.25, -0.2) is 19.2 Å². The average Bonchev–Trinajstić information content (AvgIpc) is 2.69. The second-order valence-corrected chi connectivity index (χ2v) is 5.63. The van der Waals surface area contributed by atoms with E-state index < -0.39 is 11.8 Å². The first-order valence-electron chi connectivity index (χ1n) is 8.05.